The first-order valence-corrected chi connectivity index (χ1v) is 9.25. The molecule has 0 saturated heterocycles. The largest absolute Gasteiger partial charge is 0.316 e. The van der Waals surface area contributed by atoms with Crippen molar-refractivity contribution in [2.24, 2.45) is 0 Å². The van der Waals surface area contributed by atoms with Gasteiger partial charge < -0.3 is 9.55 Å². The van der Waals surface area contributed by atoms with Gasteiger partial charge >= 0.3 is 11.1 Å². The average Bonchev–Trinajstić information content (AvgIpc) is 2.58. The highest BCUT2D eigenvalue weighted by Crippen LogP contribution is 2.15. The van der Waals surface area contributed by atoms with Crippen molar-refractivity contribution in [3.05, 3.63) is 74.6 Å². The molecule has 2 aromatic carbocycles. The summed E-state index contributed by atoms with van der Waals surface area (Å²) in [6.45, 7) is 1.36. The van der Waals surface area contributed by atoms with Crippen molar-refractivity contribution in [3.63, 3.8) is 0 Å². The van der Waals surface area contributed by atoms with E-state index in [-0.39, 0.29) is 23.5 Å². The number of aromatic amines is 1. The Bertz CT molecular complexity index is 1200. The molecule has 0 radical (unpaired) electrons. The Kier molecular flexibility index (Phi) is 4.75. The number of nitrogens with one attached hydrogen (secondary N) is 2. The fraction of sp³-hybridized carbons (Fsp3) is 0.176. The van der Waals surface area contributed by atoms with Gasteiger partial charge in [-0.15, -0.1) is 0 Å². The van der Waals surface area contributed by atoms with Crippen LogP contribution in [0.2, 0.25) is 0 Å². The van der Waals surface area contributed by atoms with Gasteiger partial charge in [-0.3, -0.25) is 9.59 Å². The molecule has 26 heavy (non-hydrogen) atoms. The second kappa shape index (κ2) is 6.85. The highest BCUT2D eigenvalue weighted by molar-refractivity contribution is 7.89. The quantitative estimate of drug-likeness (QED) is 0.651. The summed E-state index contributed by atoms with van der Waals surface area (Å²) in [7, 11) is -3.87. The minimum absolute atomic E-state index is 0.0251. The first-order valence-electron chi connectivity index (χ1n) is 7.77. The second-order valence-electron chi connectivity index (χ2n) is 5.74. The molecule has 0 fully saturated rings. The van der Waals surface area contributed by atoms with Gasteiger partial charge in [0.05, 0.1) is 15.9 Å². The van der Waals surface area contributed by atoms with Gasteiger partial charge in [-0.05, 0) is 42.8 Å². The van der Waals surface area contributed by atoms with Crippen molar-refractivity contribution in [1.82, 2.24) is 14.3 Å². The van der Waals surface area contributed by atoms with Gasteiger partial charge in [0.2, 0.25) is 10.0 Å². The summed E-state index contributed by atoms with van der Waals surface area (Å²) in [5.41, 5.74) is -0.290. The molecule has 2 N–H and O–H groups in total. The highest BCUT2D eigenvalue weighted by atomic mass is 32.2. The van der Waals surface area contributed by atoms with Crippen LogP contribution in [0, 0.1) is 12.7 Å². The number of fused-ring (bicyclic) bond motifs is 1. The Balaban J connectivity index is 1.86. The van der Waals surface area contributed by atoms with Crippen molar-refractivity contribution in [3.8, 4) is 0 Å². The molecule has 0 aliphatic rings. The minimum Gasteiger partial charge on any atom is -0.316 e. The van der Waals surface area contributed by atoms with Crippen LogP contribution in [-0.4, -0.2) is 24.5 Å². The van der Waals surface area contributed by atoms with Gasteiger partial charge in [0.1, 0.15) is 5.82 Å². The molecule has 1 aromatic heterocycles. The van der Waals surface area contributed by atoms with Crippen molar-refractivity contribution in [2.45, 2.75) is 18.4 Å². The summed E-state index contributed by atoms with van der Waals surface area (Å²) >= 11 is 0. The van der Waals surface area contributed by atoms with E-state index >= 15 is 0 Å². The maximum Gasteiger partial charge on any atom is 0.316 e. The number of benzene rings is 2. The highest BCUT2D eigenvalue weighted by Gasteiger charge is 2.17. The summed E-state index contributed by atoms with van der Waals surface area (Å²) in [4.78, 5) is 26.3. The number of H-pyrrole nitrogens is 1. The van der Waals surface area contributed by atoms with Gasteiger partial charge in [0.15, 0.2) is 0 Å². The molecule has 0 bridgehead atoms. The SMILES string of the molecule is Cc1cc(F)ccc1S(=O)(=O)NCCn1c(=O)c(=O)[nH]c2ccccc21. The van der Waals surface area contributed by atoms with Crippen LogP contribution in [0.1, 0.15) is 5.56 Å². The summed E-state index contributed by atoms with van der Waals surface area (Å²) in [6, 6.07) is 10.1. The second-order valence-corrected chi connectivity index (χ2v) is 7.47. The third-order valence-electron chi connectivity index (χ3n) is 3.94. The molecule has 9 heteroatoms. The summed E-state index contributed by atoms with van der Waals surface area (Å²) < 4.78 is 41.5. The summed E-state index contributed by atoms with van der Waals surface area (Å²) in [5, 5.41) is 0. The van der Waals surface area contributed by atoms with E-state index in [4.69, 9.17) is 0 Å². The van der Waals surface area contributed by atoms with Crippen LogP contribution in [-0.2, 0) is 16.6 Å². The van der Waals surface area contributed by atoms with E-state index in [9.17, 15) is 22.4 Å². The van der Waals surface area contributed by atoms with Crippen molar-refractivity contribution in [2.75, 3.05) is 6.54 Å². The minimum atomic E-state index is -3.87. The van der Waals surface area contributed by atoms with E-state index in [2.05, 4.69) is 9.71 Å². The molecule has 0 aliphatic carbocycles. The Hall–Kier alpha value is -2.78. The van der Waals surface area contributed by atoms with E-state index in [1.807, 2.05) is 0 Å². The Morgan fingerprint density at radius 1 is 1.15 bits per heavy atom. The lowest BCUT2D eigenvalue weighted by atomic mass is 10.2. The van der Waals surface area contributed by atoms with Crippen LogP contribution in [0.3, 0.4) is 0 Å². The molecule has 3 aromatic rings. The third kappa shape index (κ3) is 3.44. The van der Waals surface area contributed by atoms with E-state index in [1.165, 1.54) is 17.6 Å². The van der Waals surface area contributed by atoms with Gasteiger partial charge in [0.25, 0.3) is 0 Å². The van der Waals surface area contributed by atoms with E-state index in [0.717, 1.165) is 12.1 Å². The number of aromatic nitrogens is 2. The third-order valence-corrected chi connectivity index (χ3v) is 5.56. The fourth-order valence-electron chi connectivity index (χ4n) is 2.73. The molecular formula is C17H16FN3O4S. The fourth-order valence-corrected chi connectivity index (χ4v) is 3.97. The number of aryl methyl sites for hydroxylation is 1. The molecule has 1 heterocycles. The maximum absolute atomic E-state index is 13.2. The van der Waals surface area contributed by atoms with E-state index in [1.54, 1.807) is 24.3 Å². The zero-order valence-corrected chi connectivity index (χ0v) is 14.6. The van der Waals surface area contributed by atoms with Crippen LogP contribution in [0.5, 0.6) is 0 Å². The number of nitrogens with zero attached hydrogens (tertiary/aromatic N) is 1. The lowest BCUT2D eigenvalue weighted by molar-refractivity contribution is 0.570. The van der Waals surface area contributed by atoms with Gasteiger partial charge in [-0.2, -0.15) is 0 Å². The predicted octanol–water partition coefficient (Wildman–Crippen LogP) is 1.12. The van der Waals surface area contributed by atoms with Crippen molar-refractivity contribution >= 4 is 21.1 Å². The van der Waals surface area contributed by atoms with Gasteiger partial charge in [-0.25, -0.2) is 17.5 Å². The topological polar surface area (TPSA) is 101 Å². The maximum atomic E-state index is 13.2. The average molecular weight is 377 g/mol. The zero-order chi connectivity index (χ0) is 18.9. The monoisotopic (exact) mass is 377 g/mol. The predicted molar refractivity (Wildman–Crippen MR) is 95.2 cm³/mol. The van der Waals surface area contributed by atoms with Crippen molar-refractivity contribution in [1.29, 1.82) is 0 Å². The van der Waals surface area contributed by atoms with Crippen LogP contribution in [0.25, 0.3) is 11.0 Å². The summed E-state index contributed by atoms with van der Waals surface area (Å²) in [6.07, 6.45) is 0. The Labute approximate surface area is 148 Å². The molecule has 0 aliphatic heterocycles. The summed E-state index contributed by atoms with van der Waals surface area (Å²) in [5.74, 6) is -0.525. The standard InChI is InChI=1S/C17H16FN3O4S/c1-11-10-12(18)6-7-15(11)26(24,25)19-8-9-21-14-5-3-2-4-13(14)20-16(22)17(21)23/h2-7,10,19H,8-9H2,1H3,(H,20,22). The first-order chi connectivity index (χ1) is 12.3. The van der Waals surface area contributed by atoms with Crippen LogP contribution in [0.15, 0.2) is 56.9 Å². The lowest BCUT2D eigenvalue weighted by Crippen LogP contribution is -2.39. The number of hydrogen-bond donors (Lipinski definition) is 2. The lowest BCUT2D eigenvalue weighted by Gasteiger charge is -2.12. The van der Waals surface area contributed by atoms with Crippen molar-refractivity contribution < 1.29 is 12.8 Å². The number of sulfonamides is 1. The number of para-hydroxylation sites is 2. The normalized spacial score (nSPS) is 11.8. The molecule has 3 rings (SSSR count). The molecule has 0 atom stereocenters. The molecule has 0 saturated carbocycles. The smallest absolute Gasteiger partial charge is 0.316 e. The van der Waals surface area contributed by atoms with Crippen LogP contribution >= 0.6 is 0 Å². The molecule has 136 valence electrons. The Morgan fingerprint density at radius 3 is 2.62 bits per heavy atom. The first kappa shape index (κ1) is 18.0. The molecule has 0 unspecified atom stereocenters. The number of rotatable bonds is 5. The van der Waals surface area contributed by atoms with E-state index in [0.29, 0.717) is 11.0 Å². The number of hydrogen-bond acceptors (Lipinski definition) is 4. The van der Waals surface area contributed by atoms with E-state index < -0.39 is 27.0 Å². The Morgan fingerprint density at radius 2 is 1.88 bits per heavy atom. The van der Waals surface area contributed by atoms with Gasteiger partial charge in [-0.1, -0.05) is 12.1 Å². The van der Waals surface area contributed by atoms with Gasteiger partial charge in [0, 0.05) is 13.1 Å². The molecular weight excluding hydrogens is 361 g/mol. The van der Waals surface area contributed by atoms with Crippen LogP contribution < -0.4 is 15.8 Å². The molecule has 0 spiro atoms. The zero-order valence-electron chi connectivity index (χ0n) is 13.8. The number of halogens is 1. The molecule has 0 amide bonds. The van der Waals surface area contributed by atoms with Crippen LogP contribution in [0.4, 0.5) is 4.39 Å². The molecule has 7 nitrogen and oxygen atoms in total.